The summed E-state index contributed by atoms with van der Waals surface area (Å²) in [5.41, 5.74) is 3.85. The number of benzene rings is 2. The molecule has 1 aliphatic rings. The average Bonchev–Trinajstić information content (AvgIpc) is 3.21. The number of ketones is 1. The third-order valence-electron chi connectivity index (χ3n) is 5.15. The van der Waals surface area contributed by atoms with Crippen LogP contribution >= 0.6 is 0 Å². The van der Waals surface area contributed by atoms with E-state index in [4.69, 9.17) is 9.84 Å². The molecule has 0 aliphatic carbocycles. The molecule has 1 aliphatic heterocycles. The summed E-state index contributed by atoms with van der Waals surface area (Å²) in [4.78, 5) is 25.7. The van der Waals surface area contributed by atoms with Crippen molar-refractivity contribution >= 4 is 17.8 Å². The molecule has 0 spiro atoms. The normalized spacial score (nSPS) is 16.9. The molecule has 0 aromatic heterocycles. The predicted molar refractivity (Wildman–Crippen MR) is 117 cm³/mol. The molecule has 0 bridgehead atoms. The maximum atomic E-state index is 12.8. The molecule has 5 heteroatoms. The Bertz CT molecular complexity index is 929. The minimum Gasteiger partial charge on any atom is -0.479 e. The summed E-state index contributed by atoms with van der Waals surface area (Å²) >= 11 is 0. The fraction of sp³-hybridized carbons (Fsp3) is 0.280. The zero-order chi connectivity index (χ0) is 21.5. The summed E-state index contributed by atoms with van der Waals surface area (Å²) in [6, 6.07) is 15.4. The highest BCUT2D eigenvalue weighted by Crippen LogP contribution is 2.20. The fourth-order valence-corrected chi connectivity index (χ4v) is 3.25. The van der Waals surface area contributed by atoms with E-state index in [0.29, 0.717) is 6.54 Å². The van der Waals surface area contributed by atoms with Gasteiger partial charge in [-0.05, 0) is 37.6 Å². The molecule has 1 unspecified atom stereocenters. The lowest BCUT2D eigenvalue weighted by Crippen LogP contribution is -2.34. The van der Waals surface area contributed by atoms with Crippen molar-refractivity contribution in [2.24, 2.45) is 0 Å². The van der Waals surface area contributed by atoms with Crippen molar-refractivity contribution < 1.29 is 19.4 Å². The highest BCUT2D eigenvalue weighted by molar-refractivity contribution is 6.00. The number of Topliss-reactive ketones (excluding diaryl/α,β-unsaturated/α-hetero) is 1. The van der Waals surface area contributed by atoms with Gasteiger partial charge in [-0.3, -0.25) is 4.79 Å². The molecule has 156 valence electrons. The number of hydrogen-bond donors (Lipinski definition) is 1. The lowest BCUT2D eigenvalue weighted by atomic mass is 10.0. The van der Waals surface area contributed by atoms with Crippen molar-refractivity contribution in [3.63, 3.8) is 0 Å². The Morgan fingerprint density at radius 2 is 1.87 bits per heavy atom. The lowest BCUT2D eigenvalue weighted by molar-refractivity contribution is -0.149. The molecule has 5 nitrogen and oxygen atoms in total. The lowest BCUT2D eigenvalue weighted by Gasteiger charge is -2.23. The van der Waals surface area contributed by atoms with Gasteiger partial charge in [-0.2, -0.15) is 0 Å². The SMILES string of the molecule is Cc1ccc(C(=O)C2CC=CN2C/C=C/c2ccc(CO[C@H](C)C(=O)O)cc2)cc1. The van der Waals surface area contributed by atoms with Gasteiger partial charge in [-0.25, -0.2) is 4.79 Å². The van der Waals surface area contributed by atoms with Crippen LogP contribution in [-0.4, -0.2) is 40.4 Å². The molecule has 1 N–H and O–H groups in total. The van der Waals surface area contributed by atoms with E-state index in [1.54, 1.807) is 0 Å². The van der Waals surface area contributed by atoms with Gasteiger partial charge in [0.25, 0.3) is 0 Å². The molecule has 0 radical (unpaired) electrons. The number of carbonyl (C=O) groups excluding carboxylic acids is 1. The van der Waals surface area contributed by atoms with Crippen LogP contribution in [0.1, 0.15) is 40.4 Å². The number of aryl methyl sites for hydroxylation is 1. The van der Waals surface area contributed by atoms with Gasteiger partial charge in [0.15, 0.2) is 11.9 Å². The summed E-state index contributed by atoms with van der Waals surface area (Å²) in [5.74, 6) is -0.821. The topological polar surface area (TPSA) is 66.8 Å². The summed E-state index contributed by atoms with van der Waals surface area (Å²) < 4.78 is 5.29. The van der Waals surface area contributed by atoms with Crippen molar-refractivity contribution in [3.05, 3.63) is 89.1 Å². The molecule has 0 saturated heterocycles. The molecule has 1 heterocycles. The summed E-state index contributed by atoms with van der Waals surface area (Å²) in [7, 11) is 0. The monoisotopic (exact) mass is 405 g/mol. The molecule has 3 rings (SSSR count). The Labute approximate surface area is 177 Å². The molecule has 2 aromatic carbocycles. The van der Waals surface area contributed by atoms with Gasteiger partial charge in [0.2, 0.25) is 0 Å². The van der Waals surface area contributed by atoms with Crippen molar-refractivity contribution in [1.82, 2.24) is 4.90 Å². The molecule has 2 atom stereocenters. The molecule has 2 aromatic rings. The maximum Gasteiger partial charge on any atom is 0.332 e. The van der Waals surface area contributed by atoms with Crippen molar-refractivity contribution in [3.8, 4) is 0 Å². The Morgan fingerprint density at radius 3 is 2.53 bits per heavy atom. The Kier molecular flexibility index (Phi) is 7.20. The van der Waals surface area contributed by atoms with Crippen LogP contribution in [0.15, 0.2) is 66.9 Å². The van der Waals surface area contributed by atoms with E-state index >= 15 is 0 Å². The van der Waals surface area contributed by atoms with Crippen LogP contribution in [0, 0.1) is 6.92 Å². The summed E-state index contributed by atoms with van der Waals surface area (Å²) in [5, 5.41) is 8.86. The molecule has 30 heavy (non-hydrogen) atoms. The average molecular weight is 405 g/mol. The van der Waals surface area contributed by atoms with Gasteiger partial charge in [0, 0.05) is 12.1 Å². The highest BCUT2D eigenvalue weighted by atomic mass is 16.5. The third kappa shape index (κ3) is 5.67. The van der Waals surface area contributed by atoms with E-state index in [9.17, 15) is 9.59 Å². The zero-order valence-corrected chi connectivity index (χ0v) is 17.3. The van der Waals surface area contributed by atoms with E-state index in [2.05, 4.69) is 4.90 Å². The largest absolute Gasteiger partial charge is 0.479 e. The number of nitrogens with zero attached hydrogens (tertiary/aromatic N) is 1. The number of hydrogen-bond acceptors (Lipinski definition) is 4. The molecule has 0 fully saturated rings. The smallest absolute Gasteiger partial charge is 0.332 e. The molecular weight excluding hydrogens is 378 g/mol. The van der Waals surface area contributed by atoms with Crippen molar-refractivity contribution in [2.45, 2.75) is 39.0 Å². The van der Waals surface area contributed by atoms with Gasteiger partial charge in [-0.1, -0.05) is 72.3 Å². The van der Waals surface area contributed by atoms with E-state index in [1.807, 2.05) is 79.9 Å². The van der Waals surface area contributed by atoms with Crippen LogP contribution < -0.4 is 0 Å². The number of aliphatic carboxylic acids is 1. The number of carboxylic acid groups (broad SMARTS) is 1. The van der Waals surface area contributed by atoms with Gasteiger partial charge < -0.3 is 14.7 Å². The van der Waals surface area contributed by atoms with Crippen LogP contribution in [0.25, 0.3) is 6.08 Å². The minimum absolute atomic E-state index is 0.147. The van der Waals surface area contributed by atoms with Crippen LogP contribution in [0.4, 0.5) is 0 Å². The Hall–Kier alpha value is -3.18. The van der Waals surface area contributed by atoms with Gasteiger partial charge in [0.05, 0.1) is 12.6 Å². The first-order chi connectivity index (χ1) is 14.4. The van der Waals surface area contributed by atoms with Gasteiger partial charge >= 0.3 is 5.97 Å². The first kappa shape index (κ1) is 21.5. The number of carbonyl (C=O) groups is 2. The van der Waals surface area contributed by atoms with Crippen LogP contribution in [0.5, 0.6) is 0 Å². The van der Waals surface area contributed by atoms with E-state index in [-0.39, 0.29) is 18.4 Å². The Balaban J connectivity index is 1.54. The van der Waals surface area contributed by atoms with Crippen LogP contribution in [0.2, 0.25) is 0 Å². The van der Waals surface area contributed by atoms with Crippen molar-refractivity contribution in [1.29, 1.82) is 0 Å². The third-order valence-corrected chi connectivity index (χ3v) is 5.15. The summed E-state index contributed by atoms with van der Waals surface area (Å²) in [6.45, 7) is 4.44. The van der Waals surface area contributed by atoms with E-state index < -0.39 is 12.1 Å². The van der Waals surface area contributed by atoms with Crippen LogP contribution in [-0.2, 0) is 16.1 Å². The summed E-state index contributed by atoms with van der Waals surface area (Å²) in [6.07, 6.45) is 7.99. The van der Waals surface area contributed by atoms with Gasteiger partial charge in [-0.15, -0.1) is 0 Å². The van der Waals surface area contributed by atoms with Crippen LogP contribution in [0.3, 0.4) is 0 Å². The predicted octanol–water partition coefficient (Wildman–Crippen LogP) is 4.47. The van der Waals surface area contributed by atoms with E-state index in [0.717, 1.165) is 28.7 Å². The quantitative estimate of drug-likeness (QED) is 0.624. The number of carboxylic acids is 1. The first-order valence-electron chi connectivity index (χ1n) is 10.1. The standard InChI is InChI=1S/C25H27NO4/c1-18-7-13-22(14-8-18)24(27)23-6-4-16-26(23)15-3-5-20-9-11-21(12-10-20)17-30-19(2)25(28)29/h3-5,7-14,16,19,23H,6,15,17H2,1-2H3,(H,28,29)/b5-3+/t19-,23?/m1/s1. The second-order valence-electron chi connectivity index (χ2n) is 7.50. The van der Waals surface area contributed by atoms with Gasteiger partial charge in [0.1, 0.15) is 0 Å². The maximum absolute atomic E-state index is 12.8. The highest BCUT2D eigenvalue weighted by Gasteiger charge is 2.26. The molecule has 0 saturated carbocycles. The molecule has 0 amide bonds. The zero-order valence-electron chi connectivity index (χ0n) is 17.3. The first-order valence-corrected chi connectivity index (χ1v) is 10.1. The fourth-order valence-electron chi connectivity index (χ4n) is 3.25. The van der Waals surface area contributed by atoms with Crippen molar-refractivity contribution in [2.75, 3.05) is 6.54 Å². The van der Waals surface area contributed by atoms with E-state index in [1.165, 1.54) is 6.92 Å². The Morgan fingerprint density at radius 1 is 1.17 bits per heavy atom. The second kappa shape index (κ2) is 10.0. The minimum atomic E-state index is -0.968. The molecular formula is C25H27NO4. The number of rotatable bonds is 9. The number of ether oxygens (including phenoxy) is 1. The second-order valence-corrected chi connectivity index (χ2v) is 7.50.